The predicted molar refractivity (Wildman–Crippen MR) is 263 cm³/mol. The zero-order valence-electron chi connectivity index (χ0n) is 34.6. The van der Waals surface area contributed by atoms with Crippen LogP contribution in [0.1, 0.15) is 22.3 Å². The molecule has 0 N–H and O–H groups in total. The van der Waals surface area contributed by atoms with E-state index in [2.05, 4.69) is 223 Å². The highest BCUT2D eigenvalue weighted by Crippen LogP contribution is 2.65. The Morgan fingerprint density at radius 2 is 0.859 bits per heavy atom. The Bertz CT molecular complexity index is 3790. The molecule has 2 aromatic heterocycles. The van der Waals surface area contributed by atoms with Gasteiger partial charge in [-0.3, -0.25) is 0 Å². The second kappa shape index (κ2) is 13.3. The number of rotatable bonds is 5. The van der Waals surface area contributed by atoms with Crippen LogP contribution in [0.3, 0.4) is 0 Å². The summed E-state index contributed by atoms with van der Waals surface area (Å²) in [5.41, 5.74) is 20.9. The van der Waals surface area contributed by atoms with E-state index in [0.717, 1.165) is 72.1 Å². The van der Waals surface area contributed by atoms with Gasteiger partial charge in [-0.05, 0) is 98.1 Å². The minimum Gasteiger partial charge on any atom is -0.456 e. The van der Waals surface area contributed by atoms with Crippen molar-refractivity contribution in [2.45, 2.75) is 5.41 Å². The molecule has 0 unspecified atom stereocenters. The van der Waals surface area contributed by atoms with E-state index in [4.69, 9.17) is 8.83 Å². The van der Waals surface area contributed by atoms with Gasteiger partial charge in [0.05, 0.1) is 22.2 Å². The SMILES string of the molecule is c1ccc(-c2ccc(N(c3cccc4c3-c3ccccc3C43c4ccccc4-c4ccccc43)c3cccc4oc5cc6c(cc5c34)oc3c(-c4ccccc4)cccc36)cc2)cc1. The molecule has 0 aliphatic heterocycles. The molecular formula is C61H37NO2. The molecule has 0 atom stereocenters. The molecule has 3 heteroatoms. The lowest BCUT2D eigenvalue weighted by molar-refractivity contribution is 0.664. The normalized spacial score (nSPS) is 13.1. The Morgan fingerprint density at radius 1 is 0.328 bits per heavy atom. The average Bonchev–Trinajstić information content (AvgIpc) is 4.09. The maximum absolute atomic E-state index is 6.87. The Morgan fingerprint density at radius 3 is 1.59 bits per heavy atom. The predicted octanol–water partition coefficient (Wildman–Crippen LogP) is 16.6. The quantitative estimate of drug-likeness (QED) is 0.173. The van der Waals surface area contributed by atoms with E-state index in [1.54, 1.807) is 0 Å². The monoisotopic (exact) mass is 815 g/mol. The first-order valence-corrected chi connectivity index (χ1v) is 22.0. The third kappa shape index (κ3) is 4.76. The van der Waals surface area contributed by atoms with Gasteiger partial charge in [-0.2, -0.15) is 0 Å². The number of para-hydroxylation sites is 1. The fraction of sp³-hybridized carbons (Fsp3) is 0.0164. The number of nitrogens with zero attached hydrogens (tertiary/aromatic N) is 1. The molecule has 0 bridgehead atoms. The van der Waals surface area contributed by atoms with Crippen LogP contribution in [-0.2, 0) is 5.41 Å². The molecular weight excluding hydrogens is 779 g/mol. The highest BCUT2D eigenvalue weighted by molar-refractivity contribution is 6.20. The van der Waals surface area contributed by atoms with Gasteiger partial charge in [0.1, 0.15) is 22.3 Å². The smallest absolute Gasteiger partial charge is 0.143 e. The fourth-order valence-electron chi connectivity index (χ4n) is 11.3. The van der Waals surface area contributed by atoms with Crippen LogP contribution in [0.15, 0.2) is 233 Å². The third-order valence-corrected chi connectivity index (χ3v) is 13.9. The van der Waals surface area contributed by atoms with E-state index >= 15 is 0 Å². The second-order valence-corrected chi connectivity index (χ2v) is 17.1. The number of furan rings is 2. The van der Waals surface area contributed by atoms with Crippen LogP contribution < -0.4 is 4.90 Å². The maximum Gasteiger partial charge on any atom is 0.143 e. The van der Waals surface area contributed by atoms with Crippen LogP contribution in [-0.4, -0.2) is 0 Å². The number of hydrogen-bond acceptors (Lipinski definition) is 3. The molecule has 2 aliphatic carbocycles. The van der Waals surface area contributed by atoms with Gasteiger partial charge in [0.25, 0.3) is 0 Å². The van der Waals surface area contributed by atoms with E-state index in [1.165, 1.54) is 55.6 Å². The average molecular weight is 816 g/mol. The summed E-state index contributed by atoms with van der Waals surface area (Å²) in [7, 11) is 0. The number of benzene rings is 10. The van der Waals surface area contributed by atoms with Crippen LogP contribution in [0.25, 0.3) is 88.4 Å². The summed E-state index contributed by atoms with van der Waals surface area (Å²) in [6.45, 7) is 0. The molecule has 0 saturated heterocycles. The summed E-state index contributed by atoms with van der Waals surface area (Å²) in [5, 5.41) is 4.15. The summed E-state index contributed by atoms with van der Waals surface area (Å²) in [6, 6.07) is 81.3. The molecule has 3 nitrogen and oxygen atoms in total. The fourth-order valence-corrected chi connectivity index (χ4v) is 11.3. The van der Waals surface area contributed by atoms with E-state index in [-0.39, 0.29) is 0 Å². The van der Waals surface area contributed by atoms with Crippen molar-refractivity contribution in [3.63, 3.8) is 0 Å². The van der Waals surface area contributed by atoms with Crippen molar-refractivity contribution in [3.05, 3.63) is 247 Å². The van der Waals surface area contributed by atoms with Gasteiger partial charge in [-0.1, -0.05) is 182 Å². The maximum atomic E-state index is 6.87. The first-order chi connectivity index (χ1) is 31.8. The van der Waals surface area contributed by atoms with Crippen LogP contribution in [0.4, 0.5) is 17.1 Å². The summed E-state index contributed by atoms with van der Waals surface area (Å²) >= 11 is 0. The molecule has 1 spiro atoms. The van der Waals surface area contributed by atoms with E-state index < -0.39 is 5.41 Å². The summed E-state index contributed by atoms with van der Waals surface area (Å²) < 4.78 is 13.7. The molecule has 12 aromatic rings. The van der Waals surface area contributed by atoms with E-state index in [0.29, 0.717) is 0 Å². The lowest BCUT2D eigenvalue weighted by Gasteiger charge is -2.32. The Kier molecular flexibility index (Phi) is 7.32. The van der Waals surface area contributed by atoms with Crippen molar-refractivity contribution in [1.82, 2.24) is 0 Å². The van der Waals surface area contributed by atoms with Crippen LogP contribution in [0.5, 0.6) is 0 Å². The Hall–Kier alpha value is -8.40. The largest absolute Gasteiger partial charge is 0.456 e. The molecule has 64 heavy (non-hydrogen) atoms. The highest BCUT2D eigenvalue weighted by Gasteiger charge is 2.52. The highest BCUT2D eigenvalue weighted by atomic mass is 16.3. The third-order valence-electron chi connectivity index (χ3n) is 13.9. The summed E-state index contributed by atoms with van der Waals surface area (Å²) in [4.78, 5) is 2.46. The standard InChI is InChI=1S/C61H37NO2/c1-3-16-38(17-4-1)39-32-34-41(35-33-39)62(53-29-14-28-52-58(53)46-22-9-12-27-51(46)61(52)49-25-10-7-20-43(49)44-21-8-11-26-50(44)61)54-30-15-31-55-59(54)48-37-56-47(36-57(48)63-55)45-24-13-23-42(60(45)64-56)40-18-5-2-6-19-40/h1-37H. The van der Waals surface area contributed by atoms with E-state index in [1.807, 2.05) is 6.07 Å². The van der Waals surface area contributed by atoms with Crippen LogP contribution >= 0.6 is 0 Å². The van der Waals surface area contributed by atoms with Gasteiger partial charge in [-0.25, -0.2) is 0 Å². The van der Waals surface area contributed by atoms with Gasteiger partial charge < -0.3 is 13.7 Å². The van der Waals surface area contributed by atoms with E-state index in [9.17, 15) is 0 Å². The minimum atomic E-state index is -0.474. The van der Waals surface area contributed by atoms with Crippen molar-refractivity contribution in [1.29, 1.82) is 0 Å². The van der Waals surface area contributed by atoms with Crippen molar-refractivity contribution >= 4 is 60.9 Å². The molecule has 298 valence electrons. The Balaban J connectivity index is 1.05. The second-order valence-electron chi connectivity index (χ2n) is 17.1. The topological polar surface area (TPSA) is 29.5 Å². The number of hydrogen-bond donors (Lipinski definition) is 0. The van der Waals surface area contributed by atoms with Gasteiger partial charge in [0, 0.05) is 33.0 Å². The van der Waals surface area contributed by atoms with Crippen molar-refractivity contribution < 1.29 is 8.83 Å². The molecule has 0 fully saturated rings. The number of anilines is 3. The lowest BCUT2D eigenvalue weighted by Crippen LogP contribution is -2.26. The van der Waals surface area contributed by atoms with Gasteiger partial charge >= 0.3 is 0 Å². The van der Waals surface area contributed by atoms with Crippen LogP contribution in [0.2, 0.25) is 0 Å². The van der Waals surface area contributed by atoms with Gasteiger partial charge in [0.15, 0.2) is 0 Å². The molecule has 0 saturated carbocycles. The molecule has 2 aliphatic rings. The van der Waals surface area contributed by atoms with Crippen molar-refractivity contribution in [2.75, 3.05) is 4.90 Å². The zero-order valence-corrected chi connectivity index (χ0v) is 34.6. The summed E-state index contributed by atoms with van der Waals surface area (Å²) in [6.07, 6.45) is 0. The minimum absolute atomic E-state index is 0.474. The zero-order chi connectivity index (χ0) is 41.9. The Labute approximate surface area is 369 Å². The molecule has 0 amide bonds. The van der Waals surface area contributed by atoms with Crippen molar-refractivity contribution in [2.24, 2.45) is 0 Å². The summed E-state index contributed by atoms with van der Waals surface area (Å²) in [5.74, 6) is 0. The molecule has 10 aromatic carbocycles. The molecule has 2 heterocycles. The van der Waals surface area contributed by atoms with Gasteiger partial charge in [0.2, 0.25) is 0 Å². The first kappa shape index (κ1) is 35.2. The van der Waals surface area contributed by atoms with Crippen molar-refractivity contribution in [3.8, 4) is 44.5 Å². The lowest BCUT2D eigenvalue weighted by atomic mass is 9.70. The van der Waals surface area contributed by atoms with Crippen LogP contribution in [0, 0.1) is 0 Å². The molecule has 14 rings (SSSR count). The molecule has 0 radical (unpaired) electrons. The first-order valence-electron chi connectivity index (χ1n) is 22.0. The number of fused-ring (bicyclic) bond motifs is 16. The van der Waals surface area contributed by atoms with Gasteiger partial charge in [-0.15, -0.1) is 0 Å².